The monoisotopic (exact) mass is 257 g/mol. The molecule has 0 spiro atoms. The van der Waals surface area contributed by atoms with E-state index in [1.807, 2.05) is 31.9 Å². The normalized spacial score (nSPS) is 18.9. The number of fused-ring (bicyclic) bond motifs is 1. The Balaban J connectivity index is 2.10. The van der Waals surface area contributed by atoms with Gasteiger partial charge in [-0.15, -0.1) is 0 Å². The number of rotatable bonds is 3. The molecule has 1 unspecified atom stereocenters. The standard InChI is InChI=1S/C17H23NO/c1-4-13(5-2)17(19)18(3)16-11-10-14-8-6-7-9-15(14)12-16/h4,6-9,16H,5,10-12H2,1-3H3. The van der Waals surface area contributed by atoms with Gasteiger partial charge in [0.2, 0.25) is 5.91 Å². The van der Waals surface area contributed by atoms with Crippen LogP contribution in [-0.2, 0) is 17.6 Å². The van der Waals surface area contributed by atoms with Crippen molar-refractivity contribution in [1.29, 1.82) is 0 Å². The summed E-state index contributed by atoms with van der Waals surface area (Å²) in [5, 5.41) is 0. The summed E-state index contributed by atoms with van der Waals surface area (Å²) in [7, 11) is 1.94. The molecular formula is C17H23NO. The summed E-state index contributed by atoms with van der Waals surface area (Å²) in [6, 6.07) is 8.92. The number of nitrogens with zero attached hydrogens (tertiary/aromatic N) is 1. The lowest BCUT2D eigenvalue weighted by atomic mass is 9.87. The maximum absolute atomic E-state index is 12.4. The molecule has 0 aromatic heterocycles. The molecule has 1 aromatic rings. The van der Waals surface area contributed by atoms with Gasteiger partial charge in [-0.05, 0) is 43.7 Å². The van der Waals surface area contributed by atoms with Gasteiger partial charge in [-0.25, -0.2) is 0 Å². The highest BCUT2D eigenvalue weighted by Gasteiger charge is 2.25. The summed E-state index contributed by atoms with van der Waals surface area (Å²) in [6.07, 6.45) is 5.88. The van der Waals surface area contributed by atoms with E-state index < -0.39 is 0 Å². The third-order valence-corrected chi connectivity index (χ3v) is 4.19. The van der Waals surface area contributed by atoms with Crippen LogP contribution < -0.4 is 0 Å². The molecule has 1 aliphatic carbocycles. The zero-order valence-electron chi connectivity index (χ0n) is 12.1. The van der Waals surface area contributed by atoms with Crippen LogP contribution in [0.1, 0.15) is 37.8 Å². The van der Waals surface area contributed by atoms with Crippen molar-refractivity contribution in [3.63, 3.8) is 0 Å². The molecule has 1 aromatic carbocycles. The van der Waals surface area contributed by atoms with Crippen LogP contribution in [0.3, 0.4) is 0 Å². The van der Waals surface area contributed by atoms with Crippen molar-refractivity contribution < 1.29 is 4.79 Å². The van der Waals surface area contributed by atoms with Gasteiger partial charge in [-0.2, -0.15) is 0 Å². The van der Waals surface area contributed by atoms with E-state index in [-0.39, 0.29) is 5.91 Å². The van der Waals surface area contributed by atoms with Crippen LogP contribution in [0.2, 0.25) is 0 Å². The number of benzene rings is 1. The SMILES string of the molecule is CC=C(CC)C(=O)N(C)C1CCc2ccccc2C1. The molecule has 1 atom stereocenters. The number of hydrogen-bond donors (Lipinski definition) is 0. The molecule has 102 valence electrons. The third-order valence-electron chi connectivity index (χ3n) is 4.19. The lowest BCUT2D eigenvalue weighted by Crippen LogP contribution is -2.41. The minimum atomic E-state index is 0.189. The van der Waals surface area contributed by atoms with E-state index in [2.05, 4.69) is 24.3 Å². The average molecular weight is 257 g/mol. The first kappa shape index (κ1) is 13.9. The highest BCUT2D eigenvalue weighted by Crippen LogP contribution is 2.24. The number of likely N-dealkylation sites (N-methyl/N-ethyl adjacent to an activating group) is 1. The fourth-order valence-electron chi connectivity index (χ4n) is 2.88. The first-order valence-electron chi connectivity index (χ1n) is 7.16. The van der Waals surface area contributed by atoms with Crippen LogP contribution in [-0.4, -0.2) is 23.9 Å². The number of carbonyl (C=O) groups is 1. The lowest BCUT2D eigenvalue weighted by Gasteiger charge is -2.33. The molecule has 0 N–H and O–H groups in total. The van der Waals surface area contributed by atoms with Gasteiger partial charge in [0.15, 0.2) is 0 Å². The summed E-state index contributed by atoms with van der Waals surface area (Å²) in [5.74, 6) is 0.189. The maximum Gasteiger partial charge on any atom is 0.249 e. The van der Waals surface area contributed by atoms with Crippen molar-refractivity contribution in [1.82, 2.24) is 4.90 Å². The topological polar surface area (TPSA) is 20.3 Å². The van der Waals surface area contributed by atoms with Gasteiger partial charge in [0.05, 0.1) is 0 Å². The predicted molar refractivity (Wildman–Crippen MR) is 79.1 cm³/mol. The Hall–Kier alpha value is -1.57. The maximum atomic E-state index is 12.4. The second-order valence-corrected chi connectivity index (χ2v) is 5.25. The van der Waals surface area contributed by atoms with Gasteiger partial charge in [0, 0.05) is 18.7 Å². The quantitative estimate of drug-likeness (QED) is 0.760. The lowest BCUT2D eigenvalue weighted by molar-refractivity contribution is -0.128. The fourth-order valence-corrected chi connectivity index (χ4v) is 2.88. The Bertz CT molecular complexity index is 490. The average Bonchev–Trinajstić information content (AvgIpc) is 2.47. The van der Waals surface area contributed by atoms with Gasteiger partial charge in [0.1, 0.15) is 0 Å². The molecule has 1 amide bonds. The van der Waals surface area contributed by atoms with Crippen LogP contribution in [0.4, 0.5) is 0 Å². The largest absolute Gasteiger partial charge is 0.339 e. The molecule has 2 nitrogen and oxygen atoms in total. The van der Waals surface area contributed by atoms with Crippen LogP contribution in [0.15, 0.2) is 35.9 Å². The second-order valence-electron chi connectivity index (χ2n) is 5.25. The number of aryl methyl sites for hydroxylation is 1. The molecular weight excluding hydrogens is 234 g/mol. The van der Waals surface area contributed by atoms with E-state index in [0.29, 0.717) is 6.04 Å². The van der Waals surface area contributed by atoms with Crippen LogP contribution in [0.5, 0.6) is 0 Å². The van der Waals surface area contributed by atoms with Crippen molar-refractivity contribution in [3.8, 4) is 0 Å². The van der Waals surface area contributed by atoms with Gasteiger partial charge in [-0.1, -0.05) is 37.3 Å². The van der Waals surface area contributed by atoms with E-state index in [1.165, 1.54) is 11.1 Å². The Morgan fingerprint density at radius 3 is 2.68 bits per heavy atom. The van der Waals surface area contributed by atoms with Crippen molar-refractivity contribution in [2.45, 2.75) is 45.6 Å². The first-order chi connectivity index (χ1) is 9.17. The Morgan fingerprint density at radius 1 is 1.37 bits per heavy atom. The zero-order chi connectivity index (χ0) is 13.8. The number of carbonyl (C=O) groups excluding carboxylic acids is 1. The summed E-state index contributed by atoms with van der Waals surface area (Å²) in [4.78, 5) is 14.3. The van der Waals surface area contributed by atoms with E-state index in [0.717, 1.165) is 31.3 Å². The van der Waals surface area contributed by atoms with Crippen LogP contribution in [0, 0.1) is 0 Å². The van der Waals surface area contributed by atoms with Crippen molar-refractivity contribution in [2.24, 2.45) is 0 Å². The highest BCUT2D eigenvalue weighted by atomic mass is 16.2. The minimum Gasteiger partial charge on any atom is -0.339 e. The van der Waals surface area contributed by atoms with Crippen molar-refractivity contribution >= 4 is 5.91 Å². The van der Waals surface area contributed by atoms with E-state index in [1.54, 1.807) is 0 Å². The predicted octanol–water partition coefficient (Wildman–Crippen LogP) is 3.36. The second kappa shape index (κ2) is 6.05. The summed E-state index contributed by atoms with van der Waals surface area (Å²) in [5.41, 5.74) is 3.76. The smallest absolute Gasteiger partial charge is 0.249 e. The number of hydrogen-bond acceptors (Lipinski definition) is 1. The molecule has 0 bridgehead atoms. The molecule has 19 heavy (non-hydrogen) atoms. The Kier molecular flexibility index (Phi) is 4.41. The molecule has 0 radical (unpaired) electrons. The fraction of sp³-hybridized carbons (Fsp3) is 0.471. The first-order valence-corrected chi connectivity index (χ1v) is 7.16. The van der Waals surface area contributed by atoms with Gasteiger partial charge >= 0.3 is 0 Å². The van der Waals surface area contributed by atoms with Gasteiger partial charge in [0.25, 0.3) is 0 Å². The zero-order valence-corrected chi connectivity index (χ0v) is 12.1. The Labute approximate surface area is 116 Å². The van der Waals surface area contributed by atoms with E-state index in [9.17, 15) is 4.79 Å². The van der Waals surface area contributed by atoms with Gasteiger partial charge < -0.3 is 4.90 Å². The third kappa shape index (κ3) is 2.89. The molecule has 2 rings (SSSR count). The summed E-state index contributed by atoms with van der Waals surface area (Å²) >= 11 is 0. The van der Waals surface area contributed by atoms with Crippen LogP contribution >= 0.6 is 0 Å². The molecule has 0 heterocycles. The molecule has 0 aliphatic heterocycles. The minimum absolute atomic E-state index is 0.189. The van der Waals surface area contributed by atoms with Crippen molar-refractivity contribution in [3.05, 3.63) is 47.0 Å². The molecule has 0 saturated heterocycles. The van der Waals surface area contributed by atoms with Crippen molar-refractivity contribution in [2.75, 3.05) is 7.05 Å². The number of amides is 1. The Morgan fingerprint density at radius 2 is 2.05 bits per heavy atom. The summed E-state index contributed by atoms with van der Waals surface area (Å²) < 4.78 is 0. The van der Waals surface area contributed by atoms with Crippen LogP contribution in [0.25, 0.3) is 0 Å². The molecule has 0 fully saturated rings. The summed E-state index contributed by atoms with van der Waals surface area (Å²) in [6.45, 7) is 3.98. The van der Waals surface area contributed by atoms with E-state index >= 15 is 0 Å². The molecule has 2 heteroatoms. The van der Waals surface area contributed by atoms with E-state index in [4.69, 9.17) is 0 Å². The highest BCUT2D eigenvalue weighted by molar-refractivity contribution is 5.93. The molecule has 1 aliphatic rings. The van der Waals surface area contributed by atoms with Gasteiger partial charge in [-0.3, -0.25) is 4.79 Å². The molecule has 0 saturated carbocycles. The number of allylic oxidation sites excluding steroid dienone is 1.